The molecule has 0 saturated carbocycles. The Labute approximate surface area is 194 Å². The van der Waals surface area contributed by atoms with E-state index in [1.54, 1.807) is 36.4 Å². The second-order valence-electron chi connectivity index (χ2n) is 8.17. The number of alkyl halides is 3. The number of carbonyl (C=O) groups excluding carboxylic acids is 1. The SMILES string of the molecule is O=C(C[C@@H]1C[C@@H]2c3cc(NS(=O)(=O)c4ccccc4)ccc3O[C@@H]2[C@H](CO)O1)NCC(F)(F)F. The van der Waals surface area contributed by atoms with E-state index < -0.39 is 53.6 Å². The maximum atomic E-state index is 12.7. The average Bonchev–Trinajstić information content (AvgIpc) is 3.15. The van der Waals surface area contributed by atoms with Gasteiger partial charge in [0.2, 0.25) is 5.91 Å². The zero-order valence-corrected chi connectivity index (χ0v) is 18.6. The van der Waals surface area contributed by atoms with E-state index in [9.17, 15) is 31.5 Å². The van der Waals surface area contributed by atoms with Gasteiger partial charge in [0, 0.05) is 17.2 Å². The largest absolute Gasteiger partial charge is 0.487 e. The highest BCUT2D eigenvalue weighted by Gasteiger charge is 2.46. The lowest BCUT2D eigenvalue weighted by atomic mass is 9.84. The molecule has 3 N–H and O–H groups in total. The van der Waals surface area contributed by atoms with Gasteiger partial charge in [-0.15, -0.1) is 0 Å². The van der Waals surface area contributed by atoms with Gasteiger partial charge < -0.3 is 19.9 Å². The second-order valence-corrected chi connectivity index (χ2v) is 9.85. The van der Waals surface area contributed by atoms with E-state index in [0.29, 0.717) is 17.0 Å². The van der Waals surface area contributed by atoms with Gasteiger partial charge in [-0.2, -0.15) is 13.2 Å². The maximum absolute atomic E-state index is 12.7. The van der Waals surface area contributed by atoms with Crippen LogP contribution in [0, 0.1) is 0 Å². The Bertz CT molecular complexity index is 1140. The normalized spacial score (nSPS) is 24.0. The van der Waals surface area contributed by atoms with Crippen LogP contribution < -0.4 is 14.8 Å². The van der Waals surface area contributed by atoms with Gasteiger partial charge in [-0.25, -0.2) is 8.42 Å². The van der Waals surface area contributed by atoms with Crippen molar-refractivity contribution in [3.63, 3.8) is 0 Å². The number of sulfonamides is 1. The number of aliphatic hydroxyl groups is 1. The van der Waals surface area contributed by atoms with Crippen molar-refractivity contribution in [2.75, 3.05) is 17.9 Å². The first-order chi connectivity index (χ1) is 16.1. The number of ether oxygens (including phenoxy) is 2. The van der Waals surface area contributed by atoms with E-state index in [1.165, 1.54) is 12.1 Å². The molecular weight excluding hydrogens is 477 g/mol. The van der Waals surface area contributed by atoms with Crippen molar-refractivity contribution >= 4 is 21.6 Å². The Morgan fingerprint density at radius 3 is 2.56 bits per heavy atom. The number of nitrogens with one attached hydrogen (secondary N) is 2. The molecule has 2 aliphatic heterocycles. The minimum absolute atomic E-state index is 0.0981. The summed E-state index contributed by atoms with van der Waals surface area (Å²) >= 11 is 0. The Kier molecular flexibility index (Phi) is 6.74. The average molecular weight is 500 g/mol. The molecule has 2 aromatic rings. The lowest BCUT2D eigenvalue weighted by molar-refractivity contribution is -0.149. The molecule has 0 unspecified atom stereocenters. The van der Waals surface area contributed by atoms with Crippen molar-refractivity contribution in [1.29, 1.82) is 0 Å². The van der Waals surface area contributed by atoms with Crippen LogP contribution in [0.4, 0.5) is 18.9 Å². The smallest absolute Gasteiger partial charge is 0.405 e. The number of amides is 1. The van der Waals surface area contributed by atoms with Gasteiger partial charge in [-0.05, 0) is 36.8 Å². The van der Waals surface area contributed by atoms with Crippen LogP contribution in [0.15, 0.2) is 53.4 Å². The summed E-state index contributed by atoms with van der Waals surface area (Å²) in [5, 5.41) is 11.6. The third-order valence-electron chi connectivity index (χ3n) is 5.70. The Hall–Kier alpha value is -2.83. The Balaban J connectivity index is 1.51. The summed E-state index contributed by atoms with van der Waals surface area (Å²) in [6, 6.07) is 12.6. The summed E-state index contributed by atoms with van der Waals surface area (Å²) in [7, 11) is -3.82. The summed E-state index contributed by atoms with van der Waals surface area (Å²) in [5.41, 5.74) is 0.971. The molecule has 0 radical (unpaired) electrons. The van der Waals surface area contributed by atoms with Crippen molar-refractivity contribution in [2.45, 2.75) is 48.1 Å². The first-order valence-electron chi connectivity index (χ1n) is 10.5. The summed E-state index contributed by atoms with van der Waals surface area (Å²) in [4.78, 5) is 12.1. The first-order valence-corrected chi connectivity index (χ1v) is 12.0. The molecule has 12 heteroatoms. The number of benzene rings is 2. The van der Waals surface area contributed by atoms with Gasteiger partial charge in [-0.3, -0.25) is 9.52 Å². The fraction of sp³-hybridized carbons (Fsp3) is 0.409. The Morgan fingerprint density at radius 2 is 1.88 bits per heavy atom. The second kappa shape index (κ2) is 9.43. The quantitative estimate of drug-likeness (QED) is 0.539. The van der Waals surface area contributed by atoms with Gasteiger partial charge in [0.25, 0.3) is 10.0 Å². The third-order valence-corrected chi connectivity index (χ3v) is 7.10. The highest BCUT2D eigenvalue weighted by atomic mass is 32.2. The minimum atomic E-state index is -4.52. The number of anilines is 1. The molecule has 184 valence electrons. The van der Waals surface area contributed by atoms with Crippen LogP contribution in [-0.4, -0.2) is 57.1 Å². The van der Waals surface area contributed by atoms with Gasteiger partial charge in [-0.1, -0.05) is 18.2 Å². The molecule has 0 spiro atoms. The van der Waals surface area contributed by atoms with Crippen molar-refractivity contribution in [1.82, 2.24) is 5.32 Å². The third kappa shape index (κ3) is 5.45. The molecule has 2 heterocycles. The molecule has 34 heavy (non-hydrogen) atoms. The molecule has 0 bridgehead atoms. The summed E-state index contributed by atoms with van der Waals surface area (Å²) in [6.45, 7) is -1.85. The molecule has 2 aromatic carbocycles. The van der Waals surface area contributed by atoms with E-state index in [2.05, 4.69) is 4.72 Å². The van der Waals surface area contributed by atoms with Crippen LogP contribution in [0.5, 0.6) is 5.75 Å². The molecule has 1 amide bonds. The number of halogens is 3. The lowest BCUT2D eigenvalue weighted by Gasteiger charge is -2.37. The zero-order valence-electron chi connectivity index (χ0n) is 17.8. The van der Waals surface area contributed by atoms with Crippen LogP contribution in [0.2, 0.25) is 0 Å². The van der Waals surface area contributed by atoms with E-state index in [4.69, 9.17) is 9.47 Å². The van der Waals surface area contributed by atoms with Gasteiger partial charge >= 0.3 is 6.18 Å². The highest BCUT2D eigenvalue weighted by Crippen LogP contribution is 2.47. The van der Waals surface area contributed by atoms with Gasteiger partial charge in [0.05, 0.1) is 24.0 Å². The molecule has 4 rings (SSSR count). The lowest BCUT2D eigenvalue weighted by Crippen LogP contribution is -2.47. The van der Waals surface area contributed by atoms with Crippen LogP contribution in [0.3, 0.4) is 0 Å². The number of rotatable bonds is 7. The number of hydrogen-bond donors (Lipinski definition) is 3. The number of hydrogen-bond acceptors (Lipinski definition) is 6. The maximum Gasteiger partial charge on any atom is 0.405 e. The highest BCUT2D eigenvalue weighted by molar-refractivity contribution is 7.92. The minimum Gasteiger partial charge on any atom is -0.487 e. The van der Waals surface area contributed by atoms with Crippen LogP contribution in [0.25, 0.3) is 0 Å². The van der Waals surface area contributed by atoms with Crippen molar-refractivity contribution in [3.8, 4) is 5.75 Å². The molecular formula is C22H23F3N2O6S. The summed E-state index contributed by atoms with van der Waals surface area (Å²) in [5.74, 6) is -0.676. The molecule has 1 saturated heterocycles. The van der Waals surface area contributed by atoms with Crippen LogP contribution >= 0.6 is 0 Å². The number of carbonyl (C=O) groups is 1. The van der Waals surface area contributed by atoms with E-state index in [-0.39, 0.29) is 23.7 Å². The molecule has 0 aromatic heterocycles. The molecule has 2 aliphatic rings. The van der Waals surface area contributed by atoms with Crippen LogP contribution in [-0.2, 0) is 19.6 Å². The summed E-state index contributed by atoms with van der Waals surface area (Å²) in [6.07, 6.45) is -6.70. The van der Waals surface area contributed by atoms with E-state index >= 15 is 0 Å². The standard InChI is InChI=1S/C22H23F3N2O6S/c23-22(24,25)12-26-20(29)10-14-9-17-16-8-13(27-34(30,31)15-4-2-1-3-5-15)6-7-18(16)33-21(17)19(11-28)32-14/h1-8,14,17,19,21,27-28H,9-12H2,(H,26,29)/t14-,17+,19-,21-/m0/s1. The number of fused-ring (bicyclic) bond motifs is 3. The predicted molar refractivity (Wildman–Crippen MR) is 115 cm³/mol. The van der Waals surface area contributed by atoms with Crippen molar-refractivity contribution in [2.24, 2.45) is 0 Å². The topological polar surface area (TPSA) is 114 Å². The number of aliphatic hydroxyl groups excluding tert-OH is 1. The molecule has 0 aliphatic carbocycles. The predicted octanol–water partition coefficient (Wildman–Crippen LogP) is 2.55. The summed E-state index contributed by atoms with van der Waals surface area (Å²) < 4.78 is 76.6. The van der Waals surface area contributed by atoms with Crippen LogP contribution in [0.1, 0.15) is 24.3 Å². The van der Waals surface area contributed by atoms with Crippen molar-refractivity contribution < 1.29 is 41.0 Å². The fourth-order valence-electron chi connectivity index (χ4n) is 4.24. The molecule has 1 fully saturated rings. The Morgan fingerprint density at radius 1 is 1.15 bits per heavy atom. The van der Waals surface area contributed by atoms with Gasteiger partial charge in [0.1, 0.15) is 24.5 Å². The van der Waals surface area contributed by atoms with E-state index in [1.807, 2.05) is 5.32 Å². The molecule has 8 nitrogen and oxygen atoms in total. The monoisotopic (exact) mass is 500 g/mol. The fourth-order valence-corrected chi connectivity index (χ4v) is 5.31. The first kappa shape index (κ1) is 24.3. The zero-order chi connectivity index (χ0) is 24.5. The molecule has 4 atom stereocenters. The van der Waals surface area contributed by atoms with Crippen molar-refractivity contribution in [3.05, 3.63) is 54.1 Å². The van der Waals surface area contributed by atoms with E-state index in [0.717, 1.165) is 0 Å². The van der Waals surface area contributed by atoms with Gasteiger partial charge in [0.15, 0.2) is 0 Å².